The summed E-state index contributed by atoms with van der Waals surface area (Å²) in [7, 11) is -1.11. The normalized spacial score (nSPS) is 12.1. The summed E-state index contributed by atoms with van der Waals surface area (Å²) in [4.78, 5) is 11.9. The molecule has 2 nitrogen and oxygen atoms in total. The van der Waals surface area contributed by atoms with E-state index in [0.717, 1.165) is 5.56 Å². The zero-order valence-electron chi connectivity index (χ0n) is 11.1. The van der Waals surface area contributed by atoms with E-state index >= 15 is 0 Å². The van der Waals surface area contributed by atoms with Gasteiger partial charge in [0.2, 0.25) is 0 Å². The van der Waals surface area contributed by atoms with Gasteiger partial charge < -0.3 is 0 Å². The Morgan fingerprint density at radius 1 is 1.10 bits per heavy atom. The highest BCUT2D eigenvalue weighted by molar-refractivity contribution is 7.85. The molecule has 0 aromatic heterocycles. The van der Waals surface area contributed by atoms with Crippen LogP contribution in [0.1, 0.15) is 17.3 Å². The van der Waals surface area contributed by atoms with E-state index in [0.29, 0.717) is 16.9 Å². The molecule has 4 heteroatoms. The third-order valence-electron chi connectivity index (χ3n) is 3.01. The molecule has 0 amide bonds. The third-order valence-corrected chi connectivity index (χ3v) is 4.23. The first-order valence-corrected chi connectivity index (χ1v) is 7.83. The number of hydrogen-bond acceptors (Lipinski definition) is 2. The Bertz CT molecular complexity index is 635. The Kier molecular flexibility index (Phi) is 4.79. The molecule has 0 bridgehead atoms. The molecule has 2 rings (SSSR count). The van der Waals surface area contributed by atoms with Gasteiger partial charge in [0, 0.05) is 27.7 Å². The van der Waals surface area contributed by atoms with Gasteiger partial charge in [0.05, 0.1) is 5.75 Å². The van der Waals surface area contributed by atoms with Crippen LogP contribution >= 0.6 is 0 Å². The smallest absolute Gasteiger partial charge is 0.175 e. The molecule has 0 aliphatic heterocycles. The van der Waals surface area contributed by atoms with E-state index in [-0.39, 0.29) is 17.4 Å². The van der Waals surface area contributed by atoms with E-state index in [9.17, 15) is 13.4 Å². The van der Waals surface area contributed by atoms with Crippen molar-refractivity contribution in [2.45, 2.75) is 6.92 Å². The Morgan fingerprint density at radius 2 is 1.75 bits per heavy atom. The molecule has 0 radical (unpaired) electrons. The van der Waals surface area contributed by atoms with Gasteiger partial charge in [-0.05, 0) is 11.6 Å². The Balaban J connectivity index is 2.21. The second kappa shape index (κ2) is 6.57. The van der Waals surface area contributed by atoms with Crippen LogP contribution in [-0.4, -0.2) is 21.5 Å². The van der Waals surface area contributed by atoms with Crippen LogP contribution in [-0.2, 0) is 10.8 Å². The van der Waals surface area contributed by atoms with Crippen molar-refractivity contribution >= 4 is 16.6 Å². The molecule has 0 aliphatic rings. The number of ketones is 1. The number of hydrogen-bond donors (Lipinski definition) is 0. The van der Waals surface area contributed by atoms with Gasteiger partial charge >= 0.3 is 0 Å². The van der Waals surface area contributed by atoms with Gasteiger partial charge in [0.15, 0.2) is 5.78 Å². The maximum atomic E-state index is 13.6. The first kappa shape index (κ1) is 14.6. The van der Waals surface area contributed by atoms with Crippen LogP contribution in [0.25, 0.3) is 11.1 Å². The summed E-state index contributed by atoms with van der Waals surface area (Å²) in [5, 5.41) is 0. The molecule has 20 heavy (non-hydrogen) atoms. The zero-order chi connectivity index (χ0) is 14.5. The van der Waals surface area contributed by atoms with Crippen LogP contribution < -0.4 is 0 Å². The standard InChI is InChI=1S/C16H15FO2S/c1-2-20(19)11-16(18)13-9-7-12(8-10-13)14-5-3-4-6-15(14)17/h3-10H,2,11H2,1H3. The van der Waals surface area contributed by atoms with E-state index in [1.807, 2.05) is 0 Å². The number of benzene rings is 2. The van der Waals surface area contributed by atoms with Crippen molar-refractivity contribution in [3.8, 4) is 11.1 Å². The second-order valence-electron chi connectivity index (χ2n) is 4.35. The monoisotopic (exact) mass is 290 g/mol. The van der Waals surface area contributed by atoms with Gasteiger partial charge in [-0.1, -0.05) is 49.4 Å². The van der Waals surface area contributed by atoms with Crippen molar-refractivity contribution in [3.63, 3.8) is 0 Å². The lowest BCUT2D eigenvalue weighted by Crippen LogP contribution is -2.11. The average molecular weight is 290 g/mol. The summed E-state index contributed by atoms with van der Waals surface area (Å²) in [6.07, 6.45) is 0. The Labute approximate surface area is 120 Å². The van der Waals surface area contributed by atoms with Crippen molar-refractivity contribution in [2.75, 3.05) is 11.5 Å². The van der Waals surface area contributed by atoms with E-state index in [1.54, 1.807) is 49.4 Å². The van der Waals surface area contributed by atoms with Crippen molar-refractivity contribution in [2.24, 2.45) is 0 Å². The second-order valence-corrected chi connectivity index (χ2v) is 6.10. The number of rotatable bonds is 5. The maximum absolute atomic E-state index is 13.6. The van der Waals surface area contributed by atoms with Gasteiger partial charge in [0.1, 0.15) is 5.82 Å². The summed E-state index contributed by atoms with van der Waals surface area (Å²) in [6, 6.07) is 13.2. The lowest BCUT2D eigenvalue weighted by molar-refractivity contribution is 0.102. The maximum Gasteiger partial charge on any atom is 0.175 e. The van der Waals surface area contributed by atoms with Crippen LogP contribution in [0.2, 0.25) is 0 Å². The molecule has 104 valence electrons. The third kappa shape index (κ3) is 3.39. The van der Waals surface area contributed by atoms with Crippen molar-refractivity contribution in [3.05, 3.63) is 59.9 Å². The highest BCUT2D eigenvalue weighted by Gasteiger charge is 2.10. The molecular formula is C16H15FO2S. The molecule has 2 aromatic carbocycles. The first-order chi connectivity index (χ1) is 9.61. The fourth-order valence-electron chi connectivity index (χ4n) is 1.86. The van der Waals surface area contributed by atoms with E-state index in [2.05, 4.69) is 0 Å². The highest BCUT2D eigenvalue weighted by atomic mass is 32.2. The molecule has 0 saturated heterocycles. The van der Waals surface area contributed by atoms with Gasteiger partial charge in [-0.15, -0.1) is 0 Å². The molecule has 0 heterocycles. The minimum Gasteiger partial charge on any atom is -0.293 e. The van der Waals surface area contributed by atoms with E-state index in [4.69, 9.17) is 0 Å². The Hall–Kier alpha value is -1.81. The summed E-state index contributed by atoms with van der Waals surface area (Å²) in [5.74, 6) is 0.0677. The number of Topliss-reactive ketones (excluding diaryl/α,β-unsaturated/α-hetero) is 1. The van der Waals surface area contributed by atoms with E-state index in [1.165, 1.54) is 6.07 Å². The van der Waals surface area contributed by atoms with Crippen molar-refractivity contribution < 1.29 is 13.4 Å². The summed E-state index contributed by atoms with van der Waals surface area (Å²) >= 11 is 0. The number of carbonyl (C=O) groups is 1. The topological polar surface area (TPSA) is 34.1 Å². The molecule has 0 fully saturated rings. The molecule has 0 spiro atoms. The molecule has 2 aromatic rings. The molecule has 0 saturated carbocycles. The van der Waals surface area contributed by atoms with Gasteiger partial charge in [-0.3, -0.25) is 9.00 Å². The lowest BCUT2D eigenvalue weighted by Gasteiger charge is -2.05. The minimum absolute atomic E-state index is 0.0372. The van der Waals surface area contributed by atoms with Crippen molar-refractivity contribution in [1.82, 2.24) is 0 Å². The zero-order valence-corrected chi connectivity index (χ0v) is 12.0. The molecular weight excluding hydrogens is 275 g/mol. The van der Waals surface area contributed by atoms with Crippen LogP contribution in [0.15, 0.2) is 48.5 Å². The van der Waals surface area contributed by atoms with Gasteiger partial charge in [-0.25, -0.2) is 4.39 Å². The summed E-state index contributed by atoms with van der Waals surface area (Å²) in [5.41, 5.74) is 1.73. The quantitative estimate of drug-likeness (QED) is 0.790. The predicted octanol–water partition coefficient (Wildman–Crippen LogP) is 3.44. The number of carbonyl (C=O) groups excluding carboxylic acids is 1. The summed E-state index contributed by atoms with van der Waals surface area (Å²) in [6.45, 7) is 1.78. The first-order valence-electron chi connectivity index (χ1n) is 6.35. The molecule has 0 N–H and O–H groups in total. The fourth-order valence-corrected chi connectivity index (χ4v) is 2.53. The van der Waals surface area contributed by atoms with Gasteiger partial charge in [-0.2, -0.15) is 0 Å². The fraction of sp³-hybridized carbons (Fsp3) is 0.188. The molecule has 1 unspecified atom stereocenters. The molecule has 1 atom stereocenters. The minimum atomic E-state index is -1.11. The highest BCUT2D eigenvalue weighted by Crippen LogP contribution is 2.22. The van der Waals surface area contributed by atoms with Crippen LogP contribution in [0.5, 0.6) is 0 Å². The van der Waals surface area contributed by atoms with Crippen LogP contribution in [0.3, 0.4) is 0 Å². The summed E-state index contributed by atoms with van der Waals surface area (Å²) < 4.78 is 25.0. The predicted molar refractivity (Wildman–Crippen MR) is 79.7 cm³/mol. The number of halogens is 1. The van der Waals surface area contributed by atoms with Crippen molar-refractivity contribution in [1.29, 1.82) is 0 Å². The van der Waals surface area contributed by atoms with E-state index < -0.39 is 10.8 Å². The lowest BCUT2D eigenvalue weighted by atomic mass is 10.0. The Morgan fingerprint density at radius 3 is 2.35 bits per heavy atom. The van der Waals surface area contributed by atoms with Crippen LogP contribution in [0.4, 0.5) is 4.39 Å². The average Bonchev–Trinajstić information content (AvgIpc) is 2.47. The van der Waals surface area contributed by atoms with Gasteiger partial charge in [0.25, 0.3) is 0 Å². The van der Waals surface area contributed by atoms with Crippen LogP contribution in [0, 0.1) is 5.82 Å². The largest absolute Gasteiger partial charge is 0.293 e. The SMILES string of the molecule is CCS(=O)CC(=O)c1ccc(-c2ccccc2F)cc1. The molecule has 0 aliphatic carbocycles.